The Kier molecular flexibility index (Phi) is 4.79. The molecule has 2 N–H and O–H groups in total. The monoisotopic (exact) mass is 265 g/mol. The van der Waals surface area contributed by atoms with Crippen molar-refractivity contribution < 1.29 is 4.92 Å². The summed E-state index contributed by atoms with van der Waals surface area (Å²) in [7, 11) is 0. The van der Waals surface area contributed by atoms with Crippen LogP contribution in [0.4, 0.5) is 11.4 Å². The van der Waals surface area contributed by atoms with Gasteiger partial charge in [-0.25, -0.2) is 0 Å². The fraction of sp³-hybridized carbons (Fsp3) is 0.250. The number of nitro benzene ring substituents is 1. The van der Waals surface area contributed by atoms with Crippen molar-refractivity contribution in [2.75, 3.05) is 11.9 Å². The number of aryl methyl sites for hydroxylation is 2. The zero-order valence-corrected chi connectivity index (χ0v) is 11.1. The zero-order chi connectivity index (χ0) is 13.7. The van der Waals surface area contributed by atoms with Gasteiger partial charge in [-0.15, -0.1) is 6.58 Å². The van der Waals surface area contributed by atoms with Gasteiger partial charge in [0.05, 0.1) is 4.92 Å². The Morgan fingerprint density at radius 2 is 2.11 bits per heavy atom. The second-order valence-corrected chi connectivity index (χ2v) is 4.24. The lowest BCUT2D eigenvalue weighted by Crippen LogP contribution is -2.28. The molecule has 96 valence electrons. The molecule has 0 spiro atoms. The molecule has 0 unspecified atom stereocenters. The van der Waals surface area contributed by atoms with Gasteiger partial charge in [-0.05, 0) is 43.3 Å². The highest BCUT2D eigenvalue weighted by atomic mass is 32.1. The molecule has 0 aromatic heterocycles. The minimum absolute atomic E-state index is 0.0147. The molecular formula is C12H15N3O2S. The van der Waals surface area contributed by atoms with Gasteiger partial charge in [0.2, 0.25) is 0 Å². The first-order valence-electron chi connectivity index (χ1n) is 5.37. The number of nitrogens with zero attached hydrogens (tertiary/aromatic N) is 1. The highest BCUT2D eigenvalue weighted by molar-refractivity contribution is 7.80. The summed E-state index contributed by atoms with van der Waals surface area (Å²) >= 11 is 5.03. The Morgan fingerprint density at radius 3 is 2.67 bits per heavy atom. The molecule has 0 radical (unpaired) electrons. The number of thiocarbonyl (C=S) groups is 1. The van der Waals surface area contributed by atoms with E-state index in [0.29, 0.717) is 17.3 Å². The molecule has 18 heavy (non-hydrogen) atoms. The summed E-state index contributed by atoms with van der Waals surface area (Å²) in [5.74, 6) is 0. The standard InChI is InChI=1S/C12H15N3O2S/c1-4-5-13-12(18)14-10-6-8(2)9(3)7-11(10)15(16)17/h4,6-7H,1,5H2,2-3H3,(H2,13,14,18). The first-order valence-corrected chi connectivity index (χ1v) is 5.78. The average molecular weight is 265 g/mol. The summed E-state index contributed by atoms with van der Waals surface area (Å²) in [6.07, 6.45) is 1.66. The molecule has 0 atom stereocenters. The summed E-state index contributed by atoms with van der Waals surface area (Å²) in [6.45, 7) is 7.78. The third-order valence-corrected chi connectivity index (χ3v) is 2.71. The number of rotatable bonds is 4. The van der Waals surface area contributed by atoms with Gasteiger partial charge in [-0.2, -0.15) is 0 Å². The van der Waals surface area contributed by atoms with Crippen LogP contribution in [0.2, 0.25) is 0 Å². The Balaban J connectivity index is 3.00. The van der Waals surface area contributed by atoms with E-state index in [2.05, 4.69) is 17.2 Å². The third-order valence-electron chi connectivity index (χ3n) is 2.46. The minimum atomic E-state index is -0.426. The Morgan fingerprint density at radius 1 is 1.50 bits per heavy atom. The van der Waals surface area contributed by atoms with Crippen LogP contribution in [0.1, 0.15) is 11.1 Å². The SMILES string of the molecule is C=CCNC(=S)Nc1cc(C)c(C)cc1[N+](=O)[O-]. The van der Waals surface area contributed by atoms with Crippen LogP contribution in [-0.4, -0.2) is 16.6 Å². The predicted octanol–water partition coefficient (Wildman–Crippen LogP) is 2.68. The van der Waals surface area contributed by atoms with Crippen molar-refractivity contribution in [3.8, 4) is 0 Å². The van der Waals surface area contributed by atoms with Crippen molar-refractivity contribution in [2.24, 2.45) is 0 Å². The first kappa shape index (κ1) is 14.1. The second-order valence-electron chi connectivity index (χ2n) is 3.83. The fourth-order valence-corrected chi connectivity index (χ4v) is 1.58. The smallest absolute Gasteiger partial charge is 0.293 e. The molecule has 0 amide bonds. The van der Waals surface area contributed by atoms with Gasteiger partial charge in [0.25, 0.3) is 5.69 Å². The van der Waals surface area contributed by atoms with Crippen molar-refractivity contribution in [2.45, 2.75) is 13.8 Å². The van der Waals surface area contributed by atoms with Crippen molar-refractivity contribution in [3.05, 3.63) is 46.0 Å². The molecular weight excluding hydrogens is 250 g/mol. The summed E-state index contributed by atoms with van der Waals surface area (Å²) in [5.41, 5.74) is 2.25. The van der Waals surface area contributed by atoms with E-state index < -0.39 is 4.92 Å². The molecule has 0 aliphatic carbocycles. The molecule has 5 nitrogen and oxygen atoms in total. The van der Waals surface area contributed by atoms with Crippen molar-refractivity contribution in [1.29, 1.82) is 0 Å². The molecule has 0 aliphatic heterocycles. The van der Waals surface area contributed by atoms with E-state index >= 15 is 0 Å². The van der Waals surface area contributed by atoms with Crippen LogP contribution in [0.25, 0.3) is 0 Å². The summed E-state index contributed by atoms with van der Waals surface area (Å²) in [6, 6.07) is 3.25. The average Bonchev–Trinajstić information content (AvgIpc) is 2.30. The Labute approximate surface area is 111 Å². The minimum Gasteiger partial charge on any atom is -0.359 e. The Bertz CT molecular complexity index is 500. The van der Waals surface area contributed by atoms with E-state index in [1.165, 1.54) is 6.07 Å². The highest BCUT2D eigenvalue weighted by Crippen LogP contribution is 2.27. The van der Waals surface area contributed by atoms with Crippen LogP contribution >= 0.6 is 12.2 Å². The predicted molar refractivity (Wildman–Crippen MR) is 77.0 cm³/mol. The molecule has 0 saturated heterocycles. The lowest BCUT2D eigenvalue weighted by atomic mass is 10.1. The summed E-state index contributed by atoms with van der Waals surface area (Å²) in [4.78, 5) is 10.5. The van der Waals surface area contributed by atoms with Gasteiger partial charge in [0.15, 0.2) is 5.11 Å². The number of hydrogen-bond acceptors (Lipinski definition) is 3. The fourth-order valence-electron chi connectivity index (χ4n) is 1.38. The maximum Gasteiger partial charge on any atom is 0.293 e. The van der Waals surface area contributed by atoms with Gasteiger partial charge >= 0.3 is 0 Å². The third kappa shape index (κ3) is 3.53. The molecule has 0 fully saturated rings. The summed E-state index contributed by atoms with van der Waals surface area (Å²) in [5, 5.41) is 17.0. The molecule has 1 rings (SSSR count). The van der Waals surface area contributed by atoms with E-state index in [9.17, 15) is 10.1 Å². The van der Waals surface area contributed by atoms with E-state index in [0.717, 1.165) is 11.1 Å². The number of nitro groups is 1. The number of anilines is 1. The number of benzene rings is 1. The normalized spacial score (nSPS) is 9.67. The van der Waals surface area contributed by atoms with Gasteiger partial charge in [-0.3, -0.25) is 10.1 Å². The van der Waals surface area contributed by atoms with Gasteiger partial charge in [0, 0.05) is 12.6 Å². The lowest BCUT2D eigenvalue weighted by molar-refractivity contribution is -0.384. The van der Waals surface area contributed by atoms with Crippen molar-refractivity contribution in [3.63, 3.8) is 0 Å². The van der Waals surface area contributed by atoms with Crippen LogP contribution in [0, 0.1) is 24.0 Å². The molecule has 1 aromatic carbocycles. The first-order chi connectivity index (χ1) is 8.45. The molecule has 0 bridgehead atoms. The highest BCUT2D eigenvalue weighted by Gasteiger charge is 2.16. The van der Waals surface area contributed by atoms with E-state index in [1.54, 1.807) is 12.1 Å². The zero-order valence-electron chi connectivity index (χ0n) is 10.3. The van der Waals surface area contributed by atoms with Crippen LogP contribution in [0.5, 0.6) is 0 Å². The van der Waals surface area contributed by atoms with Crippen LogP contribution in [-0.2, 0) is 0 Å². The quantitative estimate of drug-likeness (QED) is 0.379. The van der Waals surface area contributed by atoms with Gasteiger partial charge < -0.3 is 10.6 Å². The maximum atomic E-state index is 11.0. The largest absolute Gasteiger partial charge is 0.359 e. The van der Waals surface area contributed by atoms with Crippen LogP contribution < -0.4 is 10.6 Å². The second kappa shape index (κ2) is 6.11. The van der Waals surface area contributed by atoms with Crippen LogP contribution in [0.15, 0.2) is 24.8 Å². The summed E-state index contributed by atoms with van der Waals surface area (Å²) < 4.78 is 0. The van der Waals surface area contributed by atoms with E-state index in [4.69, 9.17) is 12.2 Å². The molecule has 0 saturated carbocycles. The van der Waals surface area contributed by atoms with Crippen molar-refractivity contribution in [1.82, 2.24) is 5.32 Å². The molecule has 0 heterocycles. The van der Waals surface area contributed by atoms with E-state index in [-0.39, 0.29) is 5.69 Å². The van der Waals surface area contributed by atoms with Gasteiger partial charge in [-0.1, -0.05) is 6.08 Å². The van der Waals surface area contributed by atoms with Crippen LogP contribution in [0.3, 0.4) is 0 Å². The van der Waals surface area contributed by atoms with E-state index in [1.807, 2.05) is 13.8 Å². The Hall–Kier alpha value is -1.95. The number of nitrogens with one attached hydrogen (secondary N) is 2. The topological polar surface area (TPSA) is 67.2 Å². The maximum absolute atomic E-state index is 11.0. The molecule has 0 aliphatic rings. The molecule has 1 aromatic rings. The van der Waals surface area contributed by atoms with Gasteiger partial charge in [0.1, 0.15) is 5.69 Å². The number of hydrogen-bond donors (Lipinski definition) is 2. The van der Waals surface area contributed by atoms with Crippen molar-refractivity contribution >= 4 is 28.7 Å². The molecule has 6 heteroatoms. The lowest BCUT2D eigenvalue weighted by Gasteiger charge is -2.11.